The highest BCUT2D eigenvalue weighted by atomic mass is 35.5. The minimum absolute atomic E-state index is 0.0260. The van der Waals surface area contributed by atoms with Crippen LogP contribution in [-0.4, -0.2) is 12.5 Å². The van der Waals surface area contributed by atoms with E-state index in [1.807, 2.05) is 0 Å². The van der Waals surface area contributed by atoms with Crippen molar-refractivity contribution in [1.29, 1.82) is 0 Å². The summed E-state index contributed by atoms with van der Waals surface area (Å²) in [7, 11) is 0. The van der Waals surface area contributed by atoms with Crippen molar-refractivity contribution < 1.29 is 8.78 Å². The molecule has 0 aromatic heterocycles. The van der Waals surface area contributed by atoms with Gasteiger partial charge in [0.25, 0.3) is 5.92 Å². The van der Waals surface area contributed by atoms with Crippen LogP contribution in [0.15, 0.2) is 18.2 Å². The van der Waals surface area contributed by atoms with Gasteiger partial charge in [0, 0.05) is 22.5 Å². The molecule has 1 fully saturated rings. The molecule has 0 radical (unpaired) electrons. The van der Waals surface area contributed by atoms with E-state index in [9.17, 15) is 8.78 Å². The fraction of sp³-hybridized carbons (Fsp3) is 0.400. The second-order valence-electron chi connectivity index (χ2n) is 3.70. The Kier molecular flexibility index (Phi) is 2.65. The predicted octanol–water partition coefficient (Wildman–Crippen LogP) is 3.30. The molecule has 15 heavy (non-hydrogen) atoms. The molecule has 1 nitrogen and oxygen atoms in total. The van der Waals surface area contributed by atoms with Gasteiger partial charge in [-0.05, 0) is 23.8 Å². The van der Waals surface area contributed by atoms with Crippen molar-refractivity contribution >= 4 is 23.2 Å². The van der Waals surface area contributed by atoms with Crippen LogP contribution in [0.25, 0.3) is 0 Å². The van der Waals surface area contributed by atoms with Crippen molar-refractivity contribution in [2.75, 3.05) is 6.54 Å². The fourth-order valence-corrected chi connectivity index (χ4v) is 2.44. The molecule has 1 aliphatic rings. The van der Waals surface area contributed by atoms with E-state index in [0.29, 0.717) is 15.6 Å². The Morgan fingerprint density at radius 3 is 2.13 bits per heavy atom. The number of nitrogens with two attached hydrogens (primary N) is 1. The first-order valence-electron chi connectivity index (χ1n) is 4.50. The van der Waals surface area contributed by atoms with Crippen LogP contribution >= 0.6 is 23.2 Å². The second-order valence-corrected chi connectivity index (χ2v) is 4.57. The Morgan fingerprint density at radius 2 is 1.73 bits per heavy atom. The summed E-state index contributed by atoms with van der Waals surface area (Å²) in [5.41, 5.74) is 5.73. The zero-order chi connectivity index (χ0) is 11.2. The summed E-state index contributed by atoms with van der Waals surface area (Å²) in [4.78, 5) is 0. The maximum atomic E-state index is 13.2. The quantitative estimate of drug-likeness (QED) is 0.858. The van der Waals surface area contributed by atoms with E-state index in [1.54, 1.807) is 0 Å². The van der Waals surface area contributed by atoms with Gasteiger partial charge in [0.15, 0.2) is 0 Å². The smallest absolute Gasteiger partial charge is 0.260 e. The highest BCUT2D eigenvalue weighted by Gasteiger charge is 2.67. The molecule has 0 heterocycles. The average molecular weight is 252 g/mol. The van der Waals surface area contributed by atoms with Crippen molar-refractivity contribution in [3.05, 3.63) is 33.8 Å². The molecule has 1 saturated carbocycles. The molecule has 0 aliphatic heterocycles. The predicted molar refractivity (Wildman–Crippen MR) is 56.7 cm³/mol. The third kappa shape index (κ3) is 1.84. The molecule has 0 unspecified atom stereocenters. The van der Waals surface area contributed by atoms with E-state index in [2.05, 4.69) is 0 Å². The number of halogens is 4. The number of hydrogen-bond donors (Lipinski definition) is 1. The highest BCUT2D eigenvalue weighted by Crippen LogP contribution is 2.61. The molecular formula is C10H9Cl2F2N. The number of alkyl halides is 2. The van der Waals surface area contributed by atoms with Gasteiger partial charge < -0.3 is 5.73 Å². The SMILES string of the molecule is NC[C@H]1[C@H](c2cc(Cl)cc(Cl)c2)C1(F)F. The van der Waals surface area contributed by atoms with Gasteiger partial charge in [0.2, 0.25) is 0 Å². The van der Waals surface area contributed by atoms with Crippen LogP contribution in [0.1, 0.15) is 11.5 Å². The fourth-order valence-electron chi connectivity index (χ4n) is 1.89. The third-order valence-corrected chi connectivity index (χ3v) is 3.14. The van der Waals surface area contributed by atoms with Gasteiger partial charge in [-0.25, -0.2) is 8.78 Å². The van der Waals surface area contributed by atoms with Gasteiger partial charge in [-0.1, -0.05) is 23.2 Å². The van der Waals surface area contributed by atoms with Crippen LogP contribution in [0.4, 0.5) is 8.78 Å². The number of rotatable bonds is 2. The van der Waals surface area contributed by atoms with Crippen molar-refractivity contribution in [3.63, 3.8) is 0 Å². The Balaban J connectivity index is 2.32. The third-order valence-electron chi connectivity index (χ3n) is 2.70. The molecule has 82 valence electrons. The lowest BCUT2D eigenvalue weighted by Crippen LogP contribution is -2.06. The molecule has 0 spiro atoms. The molecule has 2 atom stereocenters. The van der Waals surface area contributed by atoms with Crippen LogP contribution in [0.5, 0.6) is 0 Å². The first-order chi connectivity index (χ1) is 6.96. The van der Waals surface area contributed by atoms with E-state index >= 15 is 0 Å². The number of benzene rings is 1. The molecule has 1 aliphatic carbocycles. The molecule has 0 saturated heterocycles. The minimum Gasteiger partial charge on any atom is -0.330 e. The molecule has 2 rings (SSSR count). The van der Waals surface area contributed by atoms with Gasteiger partial charge in [-0.15, -0.1) is 0 Å². The topological polar surface area (TPSA) is 26.0 Å². The summed E-state index contributed by atoms with van der Waals surface area (Å²) in [5.74, 6) is -4.34. The standard InChI is InChI=1S/C10H9Cl2F2N/c11-6-1-5(2-7(12)3-6)9-8(4-15)10(9,13)14/h1-3,8-9H,4,15H2/t8-,9-/m0/s1. The van der Waals surface area contributed by atoms with Crippen molar-refractivity contribution in [3.8, 4) is 0 Å². The average Bonchev–Trinajstić information content (AvgIpc) is 2.66. The van der Waals surface area contributed by atoms with Crippen molar-refractivity contribution in [1.82, 2.24) is 0 Å². The van der Waals surface area contributed by atoms with Crippen LogP contribution < -0.4 is 5.73 Å². The zero-order valence-electron chi connectivity index (χ0n) is 7.68. The summed E-state index contributed by atoms with van der Waals surface area (Å²) in [5, 5.41) is 0.743. The maximum absolute atomic E-state index is 13.2. The summed E-state index contributed by atoms with van der Waals surface area (Å²) in [6, 6.07) is 4.55. The minimum atomic E-state index is -2.72. The normalized spacial score (nSPS) is 27.8. The van der Waals surface area contributed by atoms with Gasteiger partial charge in [-0.3, -0.25) is 0 Å². The lowest BCUT2D eigenvalue weighted by molar-refractivity contribution is 0.0947. The van der Waals surface area contributed by atoms with Crippen LogP contribution in [0.3, 0.4) is 0 Å². The van der Waals surface area contributed by atoms with Crippen molar-refractivity contribution in [2.45, 2.75) is 11.8 Å². The molecule has 0 bridgehead atoms. The van der Waals surface area contributed by atoms with Crippen LogP contribution in [0, 0.1) is 5.92 Å². The van der Waals surface area contributed by atoms with Crippen molar-refractivity contribution in [2.24, 2.45) is 11.7 Å². The Labute approximate surface area is 96.2 Å². The van der Waals surface area contributed by atoms with Crippen LogP contribution in [0.2, 0.25) is 10.0 Å². The molecular weight excluding hydrogens is 243 g/mol. The summed E-state index contributed by atoms with van der Waals surface area (Å²) in [6.07, 6.45) is 0. The lowest BCUT2D eigenvalue weighted by atomic mass is 10.1. The van der Waals surface area contributed by atoms with E-state index in [-0.39, 0.29) is 6.54 Å². The van der Waals surface area contributed by atoms with Gasteiger partial charge >= 0.3 is 0 Å². The molecule has 2 N–H and O–H groups in total. The Bertz CT molecular complexity index is 375. The van der Waals surface area contributed by atoms with Gasteiger partial charge in [0.1, 0.15) is 0 Å². The first kappa shape index (κ1) is 11.1. The lowest BCUT2D eigenvalue weighted by Gasteiger charge is -2.01. The van der Waals surface area contributed by atoms with E-state index < -0.39 is 17.8 Å². The summed E-state index contributed by atoms with van der Waals surface area (Å²) < 4.78 is 26.5. The number of hydrogen-bond acceptors (Lipinski definition) is 1. The largest absolute Gasteiger partial charge is 0.330 e. The molecule has 5 heteroatoms. The molecule has 0 amide bonds. The van der Waals surface area contributed by atoms with Crippen LogP contribution in [-0.2, 0) is 0 Å². The maximum Gasteiger partial charge on any atom is 0.260 e. The first-order valence-corrected chi connectivity index (χ1v) is 5.26. The van der Waals surface area contributed by atoms with E-state index in [0.717, 1.165) is 0 Å². The second kappa shape index (κ2) is 3.58. The molecule has 1 aromatic carbocycles. The highest BCUT2D eigenvalue weighted by molar-refractivity contribution is 6.34. The Hall–Kier alpha value is -0.380. The zero-order valence-corrected chi connectivity index (χ0v) is 9.19. The van der Waals surface area contributed by atoms with E-state index in [1.165, 1.54) is 18.2 Å². The van der Waals surface area contributed by atoms with E-state index in [4.69, 9.17) is 28.9 Å². The summed E-state index contributed by atoms with van der Waals surface area (Å²) >= 11 is 11.5. The van der Waals surface area contributed by atoms with Gasteiger partial charge in [-0.2, -0.15) is 0 Å². The molecule has 1 aromatic rings. The van der Waals surface area contributed by atoms with Gasteiger partial charge in [0.05, 0.1) is 5.92 Å². The summed E-state index contributed by atoms with van der Waals surface area (Å²) in [6.45, 7) is -0.0260. The Morgan fingerprint density at radius 1 is 1.20 bits per heavy atom. The monoisotopic (exact) mass is 251 g/mol.